The van der Waals surface area contributed by atoms with Crippen molar-refractivity contribution in [3.8, 4) is 17.0 Å². The Hall–Kier alpha value is -3.19. The zero-order valence-electron chi connectivity index (χ0n) is 16.3. The van der Waals surface area contributed by atoms with Crippen molar-refractivity contribution < 1.29 is 13.9 Å². The van der Waals surface area contributed by atoms with E-state index in [-0.39, 0.29) is 11.7 Å². The molecule has 0 aliphatic carbocycles. The monoisotopic (exact) mass is 394 g/mol. The van der Waals surface area contributed by atoms with Gasteiger partial charge >= 0.3 is 0 Å². The lowest BCUT2D eigenvalue weighted by atomic mass is 10.1. The number of methoxy groups -OCH3 is 1. The third kappa shape index (κ3) is 4.46. The first-order chi connectivity index (χ1) is 14.1. The van der Waals surface area contributed by atoms with E-state index in [0.29, 0.717) is 25.3 Å². The standard InChI is InChI=1S/C22H23FN4O2/c1-29-19-7-5-17(6-8-19)20-14-21(25-24-20)22(28)27-11-9-26(10-12-27)15-16-3-2-4-18(23)13-16/h2-8,13-14H,9-12,15H2,1H3,(H,24,25). The molecule has 0 spiro atoms. The van der Waals surface area contributed by atoms with Crippen molar-refractivity contribution in [3.05, 3.63) is 71.7 Å². The van der Waals surface area contributed by atoms with Crippen LogP contribution in [0.3, 0.4) is 0 Å². The van der Waals surface area contributed by atoms with Crippen LogP contribution >= 0.6 is 0 Å². The Labute approximate surface area is 168 Å². The number of ether oxygens (including phenoxy) is 1. The Balaban J connectivity index is 1.35. The summed E-state index contributed by atoms with van der Waals surface area (Å²) in [6.07, 6.45) is 0. The van der Waals surface area contributed by atoms with E-state index in [1.54, 1.807) is 25.3 Å². The molecule has 6 nitrogen and oxygen atoms in total. The highest BCUT2D eigenvalue weighted by Gasteiger charge is 2.23. The molecule has 0 bridgehead atoms. The van der Waals surface area contributed by atoms with Crippen LogP contribution in [0.5, 0.6) is 5.75 Å². The normalized spacial score (nSPS) is 14.8. The van der Waals surface area contributed by atoms with E-state index in [1.165, 1.54) is 6.07 Å². The topological polar surface area (TPSA) is 61.5 Å². The minimum Gasteiger partial charge on any atom is -0.497 e. The summed E-state index contributed by atoms with van der Waals surface area (Å²) in [5, 5.41) is 7.14. The van der Waals surface area contributed by atoms with E-state index in [4.69, 9.17) is 4.74 Å². The molecule has 1 aliphatic rings. The lowest BCUT2D eigenvalue weighted by Gasteiger charge is -2.34. The lowest BCUT2D eigenvalue weighted by molar-refractivity contribution is 0.0622. The second-order valence-electron chi connectivity index (χ2n) is 7.09. The molecule has 1 amide bonds. The molecule has 0 radical (unpaired) electrons. The average Bonchev–Trinajstić information content (AvgIpc) is 3.24. The van der Waals surface area contributed by atoms with Gasteiger partial charge in [0, 0.05) is 38.3 Å². The quantitative estimate of drug-likeness (QED) is 0.722. The maximum atomic E-state index is 13.4. The summed E-state index contributed by atoms with van der Waals surface area (Å²) in [7, 11) is 1.62. The molecule has 2 aromatic carbocycles. The van der Waals surface area contributed by atoms with Crippen LogP contribution in [0.1, 0.15) is 16.1 Å². The van der Waals surface area contributed by atoms with Gasteiger partial charge in [-0.1, -0.05) is 12.1 Å². The van der Waals surface area contributed by atoms with Gasteiger partial charge < -0.3 is 9.64 Å². The van der Waals surface area contributed by atoms with Crippen molar-refractivity contribution in [3.63, 3.8) is 0 Å². The van der Waals surface area contributed by atoms with Gasteiger partial charge in [-0.05, 0) is 48.0 Å². The number of benzene rings is 2. The van der Waals surface area contributed by atoms with E-state index in [0.717, 1.165) is 35.7 Å². The number of H-pyrrole nitrogens is 1. The molecule has 2 heterocycles. The fourth-order valence-corrected chi connectivity index (χ4v) is 3.51. The third-order valence-electron chi connectivity index (χ3n) is 5.15. The van der Waals surface area contributed by atoms with Crippen molar-refractivity contribution in [1.29, 1.82) is 0 Å². The Morgan fingerprint density at radius 3 is 2.55 bits per heavy atom. The number of aromatic nitrogens is 2. The predicted octanol–water partition coefficient (Wildman–Crippen LogP) is 3.18. The number of hydrogen-bond acceptors (Lipinski definition) is 4. The van der Waals surface area contributed by atoms with E-state index in [9.17, 15) is 9.18 Å². The molecular weight excluding hydrogens is 371 g/mol. The van der Waals surface area contributed by atoms with Crippen LogP contribution in [-0.2, 0) is 6.54 Å². The molecule has 150 valence electrons. The van der Waals surface area contributed by atoms with Crippen molar-refractivity contribution in [2.75, 3.05) is 33.3 Å². The van der Waals surface area contributed by atoms with Gasteiger partial charge in [0.2, 0.25) is 0 Å². The third-order valence-corrected chi connectivity index (χ3v) is 5.15. The molecule has 1 aliphatic heterocycles. The highest BCUT2D eigenvalue weighted by Crippen LogP contribution is 2.22. The van der Waals surface area contributed by atoms with E-state index < -0.39 is 0 Å². The number of halogens is 1. The van der Waals surface area contributed by atoms with Gasteiger partial charge in [0.25, 0.3) is 5.91 Å². The highest BCUT2D eigenvalue weighted by molar-refractivity contribution is 5.93. The second kappa shape index (κ2) is 8.45. The number of carbonyl (C=O) groups is 1. The van der Waals surface area contributed by atoms with Gasteiger partial charge in [0.05, 0.1) is 12.8 Å². The smallest absolute Gasteiger partial charge is 0.271 e. The van der Waals surface area contributed by atoms with Gasteiger partial charge in [-0.25, -0.2) is 4.39 Å². The molecule has 1 saturated heterocycles. The number of hydrogen-bond donors (Lipinski definition) is 1. The minimum absolute atomic E-state index is 0.0531. The van der Waals surface area contributed by atoms with Crippen LogP contribution in [0.2, 0.25) is 0 Å². The average molecular weight is 394 g/mol. The first-order valence-corrected chi connectivity index (χ1v) is 9.58. The molecule has 3 aromatic rings. The van der Waals surface area contributed by atoms with Crippen LogP contribution in [-0.4, -0.2) is 59.2 Å². The fraction of sp³-hybridized carbons (Fsp3) is 0.273. The van der Waals surface area contributed by atoms with E-state index in [2.05, 4.69) is 15.1 Å². The second-order valence-corrected chi connectivity index (χ2v) is 7.09. The summed E-state index contributed by atoms with van der Waals surface area (Å²) >= 11 is 0. The summed E-state index contributed by atoms with van der Waals surface area (Å²) in [5.41, 5.74) is 3.07. The van der Waals surface area contributed by atoms with Crippen molar-refractivity contribution in [2.24, 2.45) is 0 Å². The lowest BCUT2D eigenvalue weighted by Crippen LogP contribution is -2.48. The maximum absolute atomic E-state index is 13.4. The Morgan fingerprint density at radius 1 is 1.10 bits per heavy atom. The van der Waals surface area contributed by atoms with E-state index in [1.807, 2.05) is 35.2 Å². The molecule has 1 fully saturated rings. The van der Waals surface area contributed by atoms with Gasteiger partial charge in [-0.15, -0.1) is 0 Å². The molecule has 0 atom stereocenters. The molecule has 0 saturated carbocycles. The van der Waals surface area contributed by atoms with Crippen LogP contribution in [0.15, 0.2) is 54.6 Å². The minimum atomic E-state index is -0.219. The van der Waals surface area contributed by atoms with Crippen LogP contribution < -0.4 is 4.74 Å². The first kappa shape index (κ1) is 19.1. The fourth-order valence-electron chi connectivity index (χ4n) is 3.51. The van der Waals surface area contributed by atoms with Crippen LogP contribution in [0, 0.1) is 5.82 Å². The number of piperazine rings is 1. The highest BCUT2D eigenvalue weighted by atomic mass is 19.1. The Bertz CT molecular complexity index is 978. The number of nitrogens with one attached hydrogen (secondary N) is 1. The van der Waals surface area contributed by atoms with Crippen LogP contribution in [0.25, 0.3) is 11.3 Å². The SMILES string of the molecule is COc1ccc(-c2cc(C(=O)N3CCN(Cc4cccc(F)c4)CC3)[nH]n2)cc1. The summed E-state index contributed by atoms with van der Waals surface area (Å²) in [6.45, 7) is 3.45. The molecule has 1 N–H and O–H groups in total. The summed E-state index contributed by atoms with van der Waals surface area (Å²) in [4.78, 5) is 16.9. The Morgan fingerprint density at radius 2 is 1.86 bits per heavy atom. The molecule has 0 unspecified atom stereocenters. The van der Waals surface area contributed by atoms with Gasteiger partial charge in [0.15, 0.2) is 0 Å². The van der Waals surface area contributed by atoms with Crippen molar-refractivity contribution in [2.45, 2.75) is 6.54 Å². The Kier molecular flexibility index (Phi) is 5.57. The van der Waals surface area contributed by atoms with Crippen molar-refractivity contribution in [1.82, 2.24) is 20.0 Å². The molecule has 29 heavy (non-hydrogen) atoms. The summed E-state index contributed by atoms with van der Waals surface area (Å²) in [5.74, 6) is 0.502. The summed E-state index contributed by atoms with van der Waals surface area (Å²) < 4.78 is 18.5. The first-order valence-electron chi connectivity index (χ1n) is 9.58. The van der Waals surface area contributed by atoms with Crippen LogP contribution in [0.4, 0.5) is 4.39 Å². The summed E-state index contributed by atoms with van der Waals surface area (Å²) in [6, 6.07) is 16.0. The number of amides is 1. The number of aromatic amines is 1. The van der Waals surface area contributed by atoms with Gasteiger partial charge in [-0.2, -0.15) is 5.10 Å². The largest absolute Gasteiger partial charge is 0.497 e. The van der Waals surface area contributed by atoms with Crippen molar-refractivity contribution >= 4 is 5.91 Å². The molecule has 1 aromatic heterocycles. The number of nitrogens with zero attached hydrogens (tertiary/aromatic N) is 3. The predicted molar refractivity (Wildman–Crippen MR) is 108 cm³/mol. The van der Waals surface area contributed by atoms with E-state index >= 15 is 0 Å². The number of rotatable bonds is 5. The zero-order chi connectivity index (χ0) is 20.2. The zero-order valence-corrected chi connectivity index (χ0v) is 16.3. The molecule has 4 rings (SSSR count). The molecular formula is C22H23FN4O2. The molecule has 7 heteroatoms. The number of carbonyl (C=O) groups excluding carboxylic acids is 1. The van der Waals surface area contributed by atoms with Gasteiger partial charge in [0.1, 0.15) is 17.3 Å². The van der Waals surface area contributed by atoms with Gasteiger partial charge in [-0.3, -0.25) is 14.8 Å². The maximum Gasteiger partial charge on any atom is 0.271 e.